The van der Waals surface area contributed by atoms with Gasteiger partial charge in [-0.1, -0.05) is 0 Å². The van der Waals surface area contributed by atoms with E-state index in [1.807, 2.05) is 12.1 Å². The van der Waals surface area contributed by atoms with Crippen LogP contribution < -0.4 is 0 Å². The maximum Gasteiger partial charge on any atom is 0.0716 e. The summed E-state index contributed by atoms with van der Waals surface area (Å²) in [5.41, 5.74) is 0. The van der Waals surface area contributed by atoms with Crippen LogP contribution in [0, 0.1) is 0 Å². The maximum atomic E-state index is 3.53. The molecule has 0 saturated carbocycles. The predicted octanol–water partition coefficient (Wildman–Crippen LogP) is -0.257. The minimum absolute atomic E-state index is 1.47. The summed E-state index contributed by atoms with van der Waals surface area (Å²) < 4.78 is 0. The fraction of sp³-hybridized carbons (Fsp3) is 0. The lowest BCUT2D eigenvalue weighted by atomic mass is 10.6. The van der Waals surface area contributed by atoms with Crippen LogP contribution in [-0.2, 0) is 0 Å². The fourth-order valence-electron chi connectivity index (χ4n) is 0.419. The Labute approximate surface area is 68.7 Å². The Morgan fingerprint density at radius 1 is 0.500 bits per heavy atom. The molecule has 0 spiro atoms. The third kappa shape index (κ3) is 3.94. The Kier molecular flexibility index (Phi) is 3.91. The molecule has 12 heavy (non-hydrogen) atoms. The molecule has 0 aromatic carbocycles. The van der Waals surface area contributed by atoms with Gasteiger partial charge in [-0.25, -0.2) is 0 Å². The summed E-state index contributed by atoms with van der Waals surface area (Å²) in [5.74, 6) is 0. The molecular weight excluding hydrogens is 156 g/mol. The molecule has 0 radical (unpaired) electrons. The van der Waals surface area contributed by atoms with Crippen LogP contribution in [0.25, 0.3) is 0 Å². The molecule has 2 rings (SSSR count). The van der Waals surface area contributed by atoms with E-state index >= 15 is 0 Å². The van der Waals surface area contributed by atoms with E-state index in [1.54, 1.807) is 12.4 Å². The van der Waals surface area contributed by atoms with Crippen molar-refractivity contribution in [2.45, 2.75) is 0 Å². The van der Waals surface area contributed by atoms with E-state index in [0.717, 1.165) is 0 Å². The standard InChI is InChI=1S/C4H4N2.C2H2N4/c2*1-2-4-6-5-3-1/h1-4H;1-2H. The van der Waals surface area contributed by atoms with Crippen LogP contribution in [0.15, 0.2) is 36.9 Å². The van der Waals surface area contributed by atoms with Crippen molar-refractivity contribution in [1.29, 1.82) is 0 Å². The van der Waals surface area contributed by atoms with Gasteiger partial charge in [-0.05, 0) is 22.6 Å². The number of rotatable bonds is 0. The van der Waals surface area contributed by atoms with Crippen LogP contribution in [0.3, 0.4) is 0 Å². The quantitative estimate of drug-likeness (QED) is 0.531. The van der Waals surface area contributed by atoms with E-state index in [2.05, 4.69) is 30.8 Å². The molecule has 6 heteroatoms. The first-order chi connectivity index (χ1) is 6.00. The molecule has 2 heterocycles. The molecule has 0 fully saturated rings. The lowest BCUT2D eigenvalue weighted by Crippen LogP contribution is -1.84. The first-order valence-corrected chi connectivity index (χ1v) is 3.17. The highest BCUT2D eigenvalue weighted by Gasteiger charge is 1.61. The van der Waals surface area contributed by atoms with Crippen LogP contribution in [0.5, 0.6) is 0 Å². The van der Waals surface area contributed by atoms with Gasteiger partial charge in [-0.15, -0.1) is 10.2 Å². The van der Waals surface area contributed by atoms with E-state index in [0.29, 0.717) is 0 Å². The van der Waals surface area contributed by atoms with Crippen molar-refractivity contribution in [2.75, 3.05) is 0 Å². The summed E-state index contributed by atoms with van der Waals surface area (Å²) in [7, 11) is 0. The largest absolute Gasteiger partial charge is 0.159 e. The third-order valence-electron chi connectivity index (χ3n) is 0.827. The second-order valence-corrected chi connectivity index (χ2v) is 1.62. The van der Waals surface area contributed by atoms with Crippen molar-refractivity contribution >= 4 is 0 Å². The third-order valence-corrected chi connectivity index (χ3v) is 0.827. The van der Waals surface area contributed by atoms with E-state index in [-0.39, 0.29) is 0 Å². The first-order valence-electron chi connectivity index (χ1n) is 3.17. The number of aromatic nitrogens is 6. The lowest BCUT2D eigenvalue weighted by molar-refractivity contribution is 0.761. The molecule has 0 atom stereocenters. The van der Waals surface area contributed by atoms with Crippen LogP contribution in [0.2, 0.25) is 0 Å². The zero-order chi connectivity index (χ0) is 8.49. The first kappa shape index (κ1) is 8.12. The Hall–Kier alpha value is -1.98. The van der Waals surface area contributed by atoms with Gasteiger partial charge in [0.25, 0.3) is 0 Å². The van der Waals surface area contributed by atoms with E-state index in [4.69, 9.17) is 0 Å². The number of hydrogen-bond acceptors (Lipinski definition) is 6. The molecule has 6 nitrogen and oxygen atoms in total. The highest BCUT2D eigenvalue weighted by Crippen LogP contribution is 1.68. The second-order valence-electron chi connectivity index (χ2n) is 1.62. The van der Waals surface area contributed by atoms with Crippen molar-refractivity contribution in [3.63, 3.8) is 0 Å². The highest BCUT2D eigenvalue weighted by atomic mass is 15.4. The van der Waals surface area contributed by atoms with Gasteiger partial charge < -0.3 is 0 Å². The van der Waals surface area contributed by atoms with Crippen LogP contribution in [0.4, 0.5) is 0 Å². The Morgan fingerprint density at radius 3 is 1.17 bits per heavy atom. The maximum absolute atomic E-state index is 3.53. The molecule has 60 valence electrons. The normalized spacial score (nSPS) is 8.00. The molecule has 0 N–H and O–H groups in total. The van der Waals surface area contributed by atoms with E-state index in [9.17, 15) is 0 Å². The summed E-state index contributed by atoms with van der Waals surface area (Å²) in [6.45, 7) is 0. The van der Waals surface area contributed by atoms with Crippen LogP contribution in [0.1, 0.15) is 0 Å². The second kappa shape index (κ2) is 5.78. The van der Waals surface area contributed by atoms with Crippen LogP contribution >= 0.6 is 0 Å². The number of nitrogens with zero attached hydrogens (tertiary/aromatic N) is 6. The smallest absolute Gasteiger partial charge is 0.0716 e. The van der Waals surface area contributed by atoms with Crippen molar-refractivity contribution in [2.24, 2.45) is 0 Å². The molecule has 2 aromatic rings. The number of hydrogen-bond donors (Lipinski definition) is 0. The Balaban J connectivity index is 0.000000120. The van der Waals surface area contributed by atoms with Crippen LogP contribution in [-0.4, -0.2) is 30.8 Å². The molecule has 0 amide bonds. The lowest BCUT2D eigenvalue weighted by Gasteiger charge is -1.69. The minimum atomic E-state index is 1.47. The zero-order valence-corrected chi connectivity index (χ0v) is 6.15. The van der Waals surface area contributed by atoms with Gasteiger partial charge in [0.15, 0.2) is 0 Å². The molecule has 0 bridgehead atoms. The average molecular weight is 162 g/mol. The molecule has 0 aliphatic rings. The van der Waals surface area contributed by atoms with Crippen molar-refractivity contribution in [3.8, 4) is 0 Å². The Bertz CT molecular complexity index is 187. The Morgan fingerprint density at radius 2 is 1.00 bits per heavy atom. The molecular formula is C6H6N6. The summed E-state index contributed by atoms with van der Waals surface area (Å²) in [5, 5.41) is 20.1. The highest BCUT2D eigenvalue weighted by molar-refractivity contribution is 4.79. The van der Waals surface area contributed by atoms with Gasteiger partial charge in [0, 0.05) is 12.4 Å². The topological polar surface area (TPSA) is 77.3 Å². The van der Waals surface area contributed by atoms with Gasteiger partial charge >= 0.3 is 0 Å². The monoisotopic (exact) mass is 162 g/mol. The summed E-state index contributed by atoms with van der Waals surface area (Å²) in [4.78, 5) is 0. The van der Waals surface area contributed by atoms with Crippen molar-refractivity contribution in [3.05, 3.63) is 36.9 Å². The summed E-state index contributed by atoms with van der Waals surface area (Å²) in [6.07, 6.45) is 6.21. The van der Waals surface area contributed by atoms with E-state index < -0.39 is 0 Å². The van der Waals surface area contributed by atoms with Gasteiger partial charge in [0.1, 0.15) is 0 Å². The van der Waals surface area contributed by atoms with Crippen molar-refractivity contribution < 1.29 is 0 Å². The molecule has 2 aromatic heterocycles. The van der Waals surface area contributed by atoms with E-state index in [1.165, 1.54) is 12.4 Å². The van der Waals surface area contributed by atoms with Gasteiger partial charge in [-0.2, -0.15) is 10.2 Å². The molecule has 0 unspecified atom stereocenters. The van der Waals surface area contributed by atoms with Gasteiger partial charge in [-0.3, -0.25) is 0 Å². The summed E-state index contributed by atoms with van der Waals surface area (Å²) in [6, 6.07) is 3.65. The van der Waals surface area contributed by atoms with Gasteiger partial charge in [0.2, 0.25) is 0 Å². The minimum Gasteiger partial charge on any atom is -0.159 e. The average Bonchev–Trinajstić information content (AvgIpc) is 2.24. The zero-order valence-electron chi connectivity index (χ0n) is 6.15. The SMILES string of the molecule is c1ccnnc1.c1cnnnn1. The molecule has 0 saturated heterocycles. The molecule has 0 aliphatic carbocycles. The van der Waals surface area contributed by atoms with Gasteiger partial charge in [0.05, 0.1) is 12.4 Å². The summed E-state index contributed by atoms with van der Waals surface area (Å²) >= 11 is 0. The predicted molar refractivity (Wildman–Crippen MR) is 39.7 cm³/mol. The van der Waals surface area contributed by atoms with Crippen molar-refractivity contribution in [1.82, 2.24) is 30.8 Å². The fourth-order valence-corrected chi connectivity index (χ4v) is 0.419. The molecule has 0 aliphatic heterocycles.